The molecule has 0 aliphatic heterocycles. The van der Waals surface area contributed by atoms with Gasteiger partial charge in [-0.1, -0.05) is 0 Å². The molecule has 0 heterocycles. The first-order valence-corrected chi connectivity index (χ1v) is 6.33. The van der Waals surface area contributed by atoms with Crippen molar-refractivity contribution in [3.8, 4) is 5.75 Å². The number of halogens is 2. The lowest BCUT2D eigenvalue weighted by Gasteiger charge is -2.24. The lowest BCUT2D eigenvalue weighted by Crippen LogP contribution is -2.49. The van der Waals surface area contributed by atoms with Crippen LogP contribution in [-0.2, 0) is 0 Å². The van der Waals surface area contributed by atoms with Gasteiger partial charge in [-0.05, 0) is 54.6 Å². The third-order valence-corrected chi connectivity index (χ3v) is 3.28. The lowest BCUT2D eigenvalue weighted by molar-refractivity contribution is 0.0915. The van der Waals surface area contributed by atoms with Crippen molar-refractivity contribution in [1.29, 1.82) is 0 Å². The molecule has 0 fully saturated rings. The topological polar surface area (TPSA) is 64.3 Å². The van der Waals surface area contributed by atoms with E-state index < -0.39 is 5.54 Å². The number of amides is 1. The number of hydrogen-bond acceptors (Lipinski definition) is 3. The van der Waals surface area contributed by atoms with Gasteiger partial charge in [0, 0.05) is 15.7 Å². The summed E-state index contributed by atoms with van der Waals surface area (Å²) >= 11 is 2.12. The van der Waals surface area contributed by atoms with Crippen molar-refractivity contribution in [2.45, 2.75) is 19.4 Å². The highest BCUT2D eigenvalue weighted by atomic mass is 127. The number of carbonyl (C=O) groups excluding carboxylic acids is 1. The highest BCUT2D eigenvalue weighted by Crippen LogP contribution is 2.20. The number of nitrogens with two attached hydrogens (primary N) is 1. The van der Waals surface area contributed by atoms with E-state index in [4.69, 9.17) is 10.5 Å². The third-order valence-electron chi connectivity index (χ3n) is 2.38. The quantitative estimate of drug-likeness (QED) is 0.782. The monoisotopic (exact) mass is 384 g/mol. The van der Waals surface area contributed by atoms with Gasteiger partial charge < -0.3 is 15.8 Å². The Bertz CT molecular complexity index is 425. The molecule has 3 N–H and O–H groups in total. The summed E-state index contributed by atoms with van der Waals surface area (Å²) in [6, 6.07) is 5.35. The van der Waals surface area contributed by atoms with E-state index >= 15 is 0 Å². The first kappa shape index (κ1) is 17.5. The molecule has 6 heteroatoms. The summed E-state index contributed by atoms with van der Waals surface area (Å²) in [5, 5.41) is 2.89. The zero-order valence-electron chi connectivity index (χ0n) is 10.6. The number of ether oxygens (including phenoxy) is 1. The van der Waals surface area contributed by atoms with E-state index in [2.05, 4.69) is 27.9 Å². The molecule has 0 saturated heterocycles. The van der Waals surface area contributed by atoms with Crippen LogP contribution in [0.25, 0.3) is 0 Å². The van der Waals surface area contributed by atoms with Crippen LogP contribution in [0.2, 0.25) is 0 Å². The Labute approximate surface area is 127 Å². The van der Waals surface area contributed by atoms with Crippen LogP contribution in [0.1, 0.15) is 24.2 Å². The van der Waals surface area contributed by atoms with Crippen LogP contribution in [0.4, 0.5) is 0 Å². The predicted octanol–water partition coefficient (Wildman–Crippen LogP) is 2.19. The molecule has 0 bridgehead atoms. The second-order valence-corrected chi connectivity index (χ2v) is 5.55. The summed E-state index contributed by atoms with van der Waals surface area (Å²) in [5.74, 6) is 0.622. The molecule has 0 unspecified atom stereocenters. The molecule has 0 radical (unpaired) electrons. The van der Waals surface area contributed by atoms with Gasteiger partial charge in [-0.3, -0.25) is 4.79 Å². The average Bonchev–Trinajstić information content (AvgIpc) is 2.28. The van der Waals surface area contributed by atoms with E-state index in [0.29, 0.717) is 12.1 Å². The molecule has 0 spiro atoms. The summed E-state index contributed by atoms with van der Waals surface area (Å²) < 4.78 is 5.95. The maximum absolute atomic E-state index is 12.0. The van der Waals surface area contributed by atoms with Crippen LogP contribution in [0.5, 0.6) is 5.75 Å². The van der Waals surface area contributed by atoms with Crippen molar-refractivity contribution in [1.82, 2.24) is 5.32 Å². The normalized spacial score (nSPS) is 10.5. The molecule has 1 aromatic rings. The minimum atomic E-state index is -0.403. The summed E-state index contributed by atoms with van der Waals surface area (Å²) in [7, 11) is 1.60. The van der Waals surface area contributed by atoms with Crippen LogP contribution in [-0.4, -0.2) is 25.1 Å². The third kappa shape index (κ3) is 4.62. The first-order valence-electron chi connectivity index (χ1n) is 5.26. The highest BCUT2D eigenvalue weighted by Gasteiger charge is 2.20. The van der Waals surface area contributed by atoms with Gasteiger partial charge in [-0.15, -0.1) is 12.4 Å². The molecule has 0 aromatic heterocycles. The first-order chi connectivity index (χ1) is 7.89. The molecule has 0 atom stereocenters. The van der Waals surface area contributed by atoms with Crippen molar-refractivity contribution in [2.24, 2.45) is 5.73 Å². The van der Waals surface area contributed by atoms with Crippen LogP contribution in [0.3, 0.4) is 0 Å². The van der Waals surface area contributed by atoms with Crippen molar-refractivity contribution in [2.75, 3.05) is 13.7 Å². The fraction of sp³-hybridized carbons (Fsp3) is 0.417. The van der Waals surface area contributed by atoms with Gasteiger partial charge in [0.05, 0.1) is 12.7 Å². The molecule has 1 aromatic carbocycles. The predicted molar refractivity (Wildman–Crippen MR) is 83.6 cm³/mol. The lowest BCUT2D eigenvalue weighted by atomic mass is 10.1. The van der Waals surface area contributed by atoms with Crippen molar-refractivity contribution in [3.05, 3.63) is 27.3 Å². The fourth-order valence-corrected chi connectivity index (χ4v) is 1.96. The molecule has 1 rings (SSSR count). The maximum atomic E-state index is 12.0. The minimum Gasteiger partial charge on any atom is -0.497 e. The number of rotatable bonds is 4. The summed E-state index contributed by atoms with van der Waals surface area (Å²) in [4.78, 5) is 12.0. The van der Waals surface area contributed by atoms with Crippen LogP contribution >= 0.6 is 35.0 Å². The van der Waals surface area contributed by atoms with Gasteiger partial charge in [0.25, 0.3) is 5.91 Å². The van der Waals surface area contributed by atoms with E-state index in [1.165, 1.54) is 0 Å². The zero-order chi connectivity index (χ0) is 13.1. The standard InChI is InChI=1S/C12H17IN2O2.ClH/c1-12(2,7-14)15-11(16)9-5-4-8(17-3)6-10(9)13;/h4-6H,7,14H2,1-3H3,(H,15,16);1H. The van der Waals surface area contributed by atoms with E-state index in [1.54, 1.807) is 19.2 Å². The summed E-state index contributed by atoms with van der Waals surface area (Å²) in [6.45, 7) is 4.17. The number of hydrogen-bond donors (Lipinski definition) is 2. The Morgan fingerprint density at radius 2 is 2.11 bits per heavy atom. The maximum Gasteiger partial charge on any atom is 0.252 e. The molecule has 1 amide bonds. The Morgan fingerprint density at radius 1 is 1.50 bits per heavy atom. The van der Waals surface area contributed by atoms with Crippen molar-refractivity contribution in [3.63, 3.8) is 0 Å². The minimum absolute atomic E-state index is 0. The highest BCUT2D eigenvalue weighted by molar-refractivity contribution is 14.1. The van der Waals surface area contributed by atoms with Gasteiger partial charge in [0.2, 0.25) is 0 Å². The Kier molecular flexibility index (Phi) is 6.94. The van der Waals surface area contributed by atoms with E-state index in [1.807, 2.05) is 19.9 Å². The van der Waals surface area contributed by atoms with Crippen LogP contribution in [0.15, 0.2) is 18.2 Å². The molecular weight excluding hydrogens is 367 g/mol. The fourth-order valence-electron chi connectivity index (χ4n) is 1.23. The average molecular weight is 385 g/mol. The molecule has 0 aliphatic carbocycles. The number of benzene rings is 1. The summed E-state index contributed by atoms with van der Waals surface area (Å²) in [6.07, 6.45) is 0. The number of nitrogens with one attached hydrogen (secondary N) is 1. The van der Waals surface area contributed by atoms with Gasteiger partial charge in [-0.25, -0.2) is 0 Å². The largest absolute Gasteiger partial charge is 0.497 e. The zero-order valence-corrected chi connectivity index (χ0v) is 13.6. The Morgan fingerprint density at radius 3 is 2.56 bits per heavy atom. The Balaban J connectivity index is 0.00000289. The molecule has 102 valence electrons. The van der Waals surface area contributed by atoms with Gasteiger partial charge in [0.15, 0.2) is 0 Å². The smallest absolute Gasteiger partial charge is 0.252 e. The second-order valence-electron chi connectivity index (χ2n) is 4.39. The molecule has 0 aliphatic rings. The number of methoxy groups -OCH3 is 1. The van der Waals surface area contributed by atoms with Gasteiger partial charge in [-0.2, -0.15) is 0 Å². The van der Waals surface area contributed by atoms with Crippen molar-refractivity contribution >= 4 is 40.9 Å². The van der Waals surface area contributed by atoms with Crippen LogP contribution < -0.4 is 15.8 Å². The van der Waals surface area contributed by atoms with Gasteiger partial charge >= 0.3 is 0 Å². The number of carbonyl (C=O) groups is 1. The Hall–Kier alpha value is -0.530. The molecule has 4 nitrogen and oxygen atoms in total. The second kappa shape index (κ2) is 7.16. The van der Waals surface area contributed by atoms with Crippen LogP contribution in [0, 0.1) is 3.57 Å². The van der Waals surface area contributed by atoms with Gasteiger partial charge in [0.1, 0.15) is 5.75 Å². The SMILES string of the molecule is COc1ccc(C(=O)NC(C)(C)CN)c(I)c1.Cl. The molecular formula is C12H18ClIN2O2. The molecule has 0 saturated carbocycles. The van der Waals surface area contributed by atoms with Crippen molar-refractivity contribution < 1.29 is 9.53 Å². The molecule has 18 heavy (non-hydrogen) atoms. The van der Waals surface area contributed by atoms with E-state index in [-0.39, 0.29) is 18.3 Å². The van der Waals surface area contributed by atoms with E-state index in [0.717, 1.165) is 9.32 Å². The summed E-state index contributed by atoms with van der Waals surface area (Å²) in [5.41, 5.74) is 5.81. The van der Waals surface area contributed by atoms with E-state index in [9.17, 15) is 4.79 Å².